The van der Waals surface area contributed by atoms with Crippen LogP contribution in [0.3, 0.4) is 0 Å². The molecule has 68 valence electrons. The van der Waals surface area contributed by atoms with Gasteiger partial charge in [-0.1, -0.05) is 20.8 Å². The molecule has 0 spiro atoms. The lowest BCUT2D eigenvalue weighted by Crippen LogP contribution is -2.27. The third-order valence-electron chi connectivity index (χ3n) is 1.49. The molecule has 0 heterocycles. The normalized spacial score (nSPS) is 15.0. The van der Waals surface area contributed by atoms with Crippen molar-refractivity contribution in [2.75, 3.05) is 13.1 Å². The Morgan fingerprint density at radius 2 is 1.91 bits per heavy atom. The number of aliphatic hydroxyl groups is 1. The molecule has 2 nitrogen and oxygen atoms in total. The maximum absolute atomic E-state index is 8.92. The second kappa shape index (κ2) is 4.73. The minimum atomic E-state index is -0.227. The Morgan fingerprint density at radius 3 is 2.27 bits per heavy atom. The van der Waals surface area contributed by atoms with Crippen LogP contribution in [0.2, 0.25) is 0 Å². The first-order valence-electron chi connectivity index (χ1n) is 4.30. The van der Waals surface area contributed by atoms with E-state index < -0.39 is 0 Å². The molecule has 0 aromatic heterocycles. The summed E-state index contributed by atoms with van der Waals surface area (Å²) in [6.07, 6.45) is 0.926. The van der Waals surface area contributed by atoms with Gasteiger partial charge in [0, 0.05) is 6.54 Å². The molecule has 0 fully saturated rings. The molecule has 0 aliphatic rings. The molecule has 0 aliphatic heterocycles. The highest BCUT2D eigenvalue weighted by molar-refractivity contribution is 4.63. The smallest absolute Gasteiger partial charge is 0.0636 e. The molecule has 0 rings (SSSR count). The Kier molecular flexibility index (Phi) is 4.69. The van der Waals surface area contributed by atoms with E-state index in [1.807, 2.05) is 0 Å². The summed E-state index contributed by atoms with van der Waals surface area (Å²) in [6, 6.07) is 0. The molecule has 0 aromatic carbocycles. The molecule has 0 amide bonds. The van der Waals surface area contributed by atoms with Gasteiger partial charge in [-0.05, 0) is 25.3 Å². The lowest BCUT2D eigenvalue weighted by Gasteiger charge is -2.18. The van der Waals surface area contributed by atoms with Crippen molar-refractivity contribution in [1.29, 1.82) is 0 Å². The summed E-state index contributed by atoms with van der Waals surface area (Å²) in [5.74, 6) is 0. The van der Waals surface area contributed by atoms with Crippen molar-refractivity contribution in [2.45, 2.75) is 40.2 Å². The van der Waals surface area contributed by atoms with Crippen molar-refractivity contribution in [2.24, 2.45) is 5.41 Å². The van der Waals surface area contributed by atoms with E-state index in [0.29, 0.717) is 12.0 Å². The van der Waals surface area contributed by atoms with Crippen LogP contribution in [0.1, 0.15) is 34.1 Å². The van der Waals surface area contributed by atoms with E-state index in [4.69, 9.17) is 5.11 Å². The molecule has 2 heteroatoms. The average Bonchev–Trinajstić information content (AvgIpc) is 1.78. The molecule has 0 aromatic rings. The van der Waals surface area contributed by atoms with Gasteiger partial charge in [-0.15, -0.1) is 0 Å². The van der Waals surface area contributed by atoms with Crippen molar-refractivity contribution in [3.05, 3.63) is 0 Å². The number of hydrogen-bond donors (Lipinski definition) is 2. The van der Waals surface area contributed by atoms with Crippen molar-refractivity contribution >= 4 is 0 Å². The van der Waals surface area contributed by atoms with Crippen LogP contribution < -0.4 is 5.32 Å². The zero-order valence-corrected chi connectivity index (χ0v) is 8.15. The Bertz CT molecular complexity index is 94.2. The summed E-state index contributed by atoms with van der Waals surface area (Å²) in [5, 5.41) is 12.1. The minimum absolute atomic E-state index is 0.227. The minimum Gasteiger partial charge on any atom is -0.392 e. The quantitative estimate of drug-likeness (QED) is 0.608. The van der Waals surface area contributed by atoms with E-state index in [-0.39, 0.29) is 6.10 Å². The Morgan fingerprint density at radius 1 is 1.36 bits per heavy atom. The molecule has 0 saturated carbocycles. The van der Waals surface area contributed by atoms with Crippen LogP contribution in [0.5, 0.6) is 0 Å². The van der Waals surface area contributed by atoms with Crippen LogP contribution in [0.15, 0.2) is 0 Å². The highest BCUT2D eigenvalue weighted by atomic mass is 16.3. The second-order valence-corrected chi connectivity index (χ2v) is 4.36. The summed E-state index contributed by atoms with van der Waals surface area (Å²) in [5.41, 5.74) is 0.395. The summed E-state index contributed by atoms with van der Waals surface area (Å²) in [4.78, 5) is 0. The van der Waals surface area contributed by atoms with Crippen LogP contribution in [-0.2, 0) is 0 Å². The molecule has 11 heavy (non-hydrogen) atoms. The third-order valence-corrected chi connectivity index (χ3v) is 1.49. The van der Waals surface area contributed by atoms with E-state index in [2.05, 4.69) is 26.1 Å². The lowest BCUT2D eigenvalue weighted by atomic mass is 9.92. The molecule has 1 atom stereocenters. The standard InChI is InChI=1S/C9H21NO/c1-8(11)7-10-6-5-9(2,3)4/h8,10-11H,5-7H2,1-4H3/t8-/m1/s1. The summed E-state index contributed by atoms with van der Waals surface area (Å²) in [6.45, 7) is 10.2. The third kappa shape index (κ3) is 9.92. The fourth-order valence-electron chi connectivity index (χ4n) is 0.774. The van der Waals surface area contributed by atoms with Gasteiger partial charge in [-0.2, -0.15) is 0 Å². The Balaban J connectivity index is 3.15. The van der Waals surface area contributed by atoms with E-state index >= 15 is 0 Å². The number of nitrogens with one attached hydrogen (secondary N) is 1. The zero-order valence-electron chi connectivity index (χ0n) is 8.15. The topological polar surface area (TPSA) is 32.3 Å². The van der Waals surface area contributed by atoms with E-state index in [0.717, 1.165) is 13.0 Å². The van der Waals surface area contributed by atoms with Crippen LogP contribution >= 0.6 is 0 Å². The molecule has 0 bridgehead atoms. The first-order chi connectivity index (χ1) is 4.92. The summed E-state index contributed by atoms with van der Waals surface area (Å²) < 4.78 is 0. The van der Waals surface area contributed by atoms with Gasteiger partial charge >= 0.3 is 0 Å². The number of hydrogen-bond acceptors (Lipinski definition) is 2. The summed E-state index contributed by atoms with van der Waals surface area (Å²) in [7, 11) is 0. The van der Waals surface area contributed by atoms with Gasteiger partial charge < -0.3 is 10.4 Å². The van der Waals surface area contributed by atoms with E-state index in [9.17, 15) is 0 Å². The van der Waals surface area contributed by atoms with Crippen LogP contribution in [0.25, 0.3) is 0 Å². The van der Waals surface area contributed by atoms with Gasteiger partial charge in [-0.25, -0.2) is 0 Å². The maximum atomic E-state index is 8.92. The van der Waals surface area contributed by atoms with Crippen LogP contribution in [0.4, 0.5) is 0 Å². The van der Waals surface area contributed by atoms with Gasteiger partial charge in [-0.3, -0.25) is 0 Å². The second-order valence-electron chi connectivity index (χ2n) is 4.36. The zero-order chi connectivity index (χ0) is 8.91. The van der Waals surface area contributed by atoms with Gasteiger partial charge in [0.05, 0.1) is 6.10 Å². The van der Waals surface area contributed by atoms with Crippen LogP contribution in [-0.4, -0.2) is 24.3 Å². The van der Waals surface area contributed by atoms with Crippen LogP contribution in [0, 0.1) is 5.41 Å². The average molecular weight is 159 g/mol. The Labute approximate surface area is 70.0 Å². The van der Waals surface area contributed by atoms with Gasteiger partial charge in [0.2, 0.25) is 0 Å². The predicted molar refractivity (Wildman–Crippen MR) is 48.6 cm³/mol. The molecular formula is C9H21NO. The Hall–Kier alpha value is -0.0800. The van der Waals surface area contributed by atoms with Crippen molar-refractivity contribution in [3.63, 3.8) is 0 Å². The van der Waals surface area contributed by atoms with Gasteiger partial charge in [0.25, 0.3) is 0 Å². The molecular weight excluding hydrogens is 138 g/mol. The maximum Gasteiger partial charge on any atom is 0.0636 e. The largest absolute Gasteiger partial charge is 0.392 e. The monoisotopic (exact) mass is 159 g/mol. The molecule has 0 aliphatic carbocycles. The van der Waals surface area contributed by atoms with Gasteiger partial charge in [0.15, 0.2) is 0 Å². The fourth-order valence-corrected chi connectivity index (χ4v) is 0.774. The molecule has 0 radical (unpaired) electrons. The lowest BCUT2D eigenvalue weighted by molar-refractivity contribution is 0.189. The number of aliphatic hydroxyl groups excluding tert-OH is 1. The van der Waals surface area contributed by atoms with Crippen molar-refractivity contribution < 1.29 is 5.11 Å². The van der Waals surface area contributed by atoms with Crippen molar-refractivity contribution in [1.82, 2.24) is 5.32 Å². The molecule has 0 saturated heterocycles. The SMILES string of the molecule is C[C@@H](O)CNCCC(C)(C)C. The first kappa shape index (κ1) is 10.9. The molecule has 0 unspecified atom stereocenters. The first-order valence-corrected chi connectivity index (χ1v) is 4.30. The van der Waals surface area contributed by atoms with Gasteiger partial charge in [0.1, 0.15) is 0 Å². The number of rotatable bonds is 4. The fraction of sp³-hybridized carbons (Fsp3) is 1.00. The predicted octanol–water partition coefficient (Wildman–Crippen LogP) is 1.39. The highest BCUT2D eigenvalue weighted by Gasteiger charge is 2.08. The van der Waals surface area contributed by atoms with Crippen molar-refractivity contribution in [3.8, 4) is 0 Å². The highest BCUT2D eigenvalue weighted by Crippen LogP contribution is 2.16. The van der Waals surface area contributed by atoms with E-state index in [1.54, 1.807) is 6.92 Å². The molecule has 2 N–H and O–H groups in total. The summed E-state index contributed by atoms with van der Waals surface area (Å²) >= 11 is 0. The van der Waals surface area contributed by atoms with E-state index in [1.165, 1.54) is 0 Å².